The molecule has 4 aromatic rings. The first-order valence-corrected chi connectivity index (χ1v) is 7.99. The van der Waals surface area contributed by atoms with E-state index in [0.717, 1.165) is 16.7 Å². The molecule has 2 aromatic carbocycles. The summed E-state index contributed by atoms with van der Waals surface area (Å²) in [6.45, 7) is 2.25. The van der Waals surface area contributed by atoms with Crippen LogP contribution in [0, 0.1) is 6.92 Å². The topological polar surface area (TPSA) is 82.5 Å². The van der Waals surface area contributed by atoms with E-state index in [1.807, 2.05) is 43.3 Å². The average Bonchev–Trinajstić information content (AvgIpc) is 3.25. The zero-order valence-electron chi connectivity index (χ0n) is 13.3. The van der Waals surface area contributed by atoms with Crippen molar-refractivity contribution in [2.45, 2.75) is 13.5 Å². The zero-order chi connectivity index (χ0) is 17.2. The van der Waals surface area contributed by atoms with E-state index in [4.69, 9.17) is 16.1 Å². The summed E-state index contributed by atoms with van der Waals surface area (Å²) in [6, 6.07) is 15.1. The van der Waals surface area contributed by atoms with E-state index in [-0.39, 0.29) is 6.54 Å². The van der Waals surface area contributed by atoms with Crippen LogP contribution >= 0.6 is 11.6 Å². The van der Waals surface area contributed by atoms with Crippen molar-refractivity contribution >= 4 is 11.6 Å². The molecule has 0 aliphatic rings. The minimum atomic E-state index is 0.243. The lowest BCUT2D eigenvalue weighted by molar-refractivity contribution is 0.356. The van der Waals surface area contributed by atoms with E-state index in [1.165, 1.54) is 4.80 Å². The number of tetrazole rings is 1. The molecule has 0 radical (unpaired) electrons. The van der Waals surface area contributed by atoms with Crippen LogP contribution in [0.15, 0.2) is 53.1 Å². The Morgan fingerprint density at radius 2 is 1.96 bits per heavy atom. The maximum atomic E-state index is 5.99. The highest BCUT2D eigenvalue weighted by Gasteiger charge is 2.13. The molecule has 0 spiro atoms. The van der Waals surface area contributed by atoms with Gasteiger partial charge >= 0.3 is 0 Å². The second-order valence-corrected chi connectivity index (χ2v) is 5.92. The van der Waals surface area contributed by atoms with Gasteiger partial charge in [0.25, 0.3) is 5.89 Å². The molecule has 0 N–H and O–H groups in total. The van der Waals surface area contributed by atoms with Gasteiger partial charge in [-0.05, 0) is 29.8 Å². The number of hydrogen-bond acceptors (Lipinski definition) is 6. The van der Waals surface area contributed by atoms with Crippen LogP contribution in [-0.4, -0.2) is 30.3 Å². The predicted molar refractivity (Wildman–Crippen MR) is 91.8 cm³/mol. The number of hydrogen-bond donors (Lipinski definition) is 0. The summed E-state index contributed by atoms with van der Waals surface area (Å²) in [5, 5.41) is 17.1. The highest BCUT2D eigenvalue weighted by Crippen LogP contribution is 2.20. The van der Waals surface area contributed by atoms with Crippen molar-refractivity contribution in [3.8, 4) is 22.8 Å². The van der Waals surface area contributed by atoms with Gasteiger partial charge < -0.3 is 4.52 Å². The molecule has 0 unspecified atom stereocenters. The maximum absolute atomic E-state index is 5.99. The lowest BCUT2D eigenvalue weighted by atomic mass is 10.1. The molecule has 0 saturated heterocycles. The van der Waals surface area contributed by atoms with Gasteiger partial charge in [-0.1, -0.05) is 53.2 Å². The fourth-order valence-electron chi connectivity index (χ4n) is 2.43. The van der Waals surface area contributed by atoms with E-state index in [1.54, 1.807) is 12.1 Å². The molecule has 0 atom stereocenters. The van der Waals surface area contributed by atoms with Crippen LogP contribution in [0.25, 0.3) is 22.8 Å². The molecule has 25 heavy (non-hydrogen) atoms. The second kappa shape index (κ2) is 6.45. The second-order valence-electron chi connectivity index (χ2n) is 5.48. The summed E-state index contributed by atoms with van der Waals surface area (Å²) < 4.78 is 5.27. The van der Waals surface area contributed by atoms with Gasteiger partial charge in [0, 0.05) is 16.1 Å². The number of benzene rings is 2. The molecule has 0 saturated carbocycles. The van der Waals surface area contributed by atoms with Gasteiger partial charge in [0.2, 0.25) is 11.6 Å². The Morgan fingerprint density at radius 3 is 2.80 bits per heavy atom. The Bertz CT molecular complexity index is 1030. The number of halogens is 1. The quantitative estimate of drug-likeness (QED) is 0.559. The van der Waals surface area contributed by atoms with E-state index >= 15 is 0 Å². The monoisotopic (exact) mass is 352 g/mol. The molecule has 124 valence electrons. The Kier molecular flexibility index (Phi) is 3.99. The summed E-state index contributed by atoms with van der Waals surface area (Å²) in [5.74, 6) is 1.42. The van der Waals surface area contributed by atoms with Gasteiger partial charge in [-0.2, -0.15) is 9.78 Å². The van der Waals surface area contributed by atoms with Gasteiger partial charge in [0.1, 0.15) is 6.54 Å². The van der Waals surface area contributed by atoms with E-state index < -0.39 is 0 Å². The smallest absolute Gasteiger partial charge is 0.250 e. The molecule has 7 nitrogen and oxygen atoms in total. The maximum Gasteiger partial charge on any atom is 0.250 e. The molecule has 0 aliphatic heterocycles. The number of nitrogens with zero attached hydrogens (tertiary/aromatic N) is 6. The van der Waals surface area contributed by atoms with Crippen molar-refractivity contribution < 1.29 is 4.52 Å². The Labute approximate surface area is 148 Å². The molecule has 8 heteroatoms. The van der Waals surface area contributed by atoms with E-state index in [9.17, 15) is 0 Å². The van der Waals surface area contributed by atoms with Gasteiger partial charge in [0.15, 0.2) is 0 Å². The highest BCUT2D eigenvalue weighted by molar-refractivity contribution is 6.30. The zero-order valence-corrected chi connectivity index (χ0v) is 14.1. The fourth-order valence-corrected chi connectivity index (χ4v) is 2.62. The first-order valence-electron chi connectivity index (χ1n) is 7.61. The average molecular weight is 353 g/mol. The molecule has 2 aromatic heterocycles. The summed E-state index contributed by atoms with van der Waals surface area (Å²) in [6.07, 6.45) is 0. The largest absolute Gasteiger partial charge is 0.337 e. The van der Waals surface area contributed by atoms with Crippen LogP contribution in [0.5, 0.6) is 0 Å². The van der Waals surface area contributed by atoms with Crippen molar-refractivity contribution in [2.75, 3.05) is 0 Å². The van der Waals surface area contributed by atoms with Crippen molar-refractivity contribution in [2.24, 2.45) is 0 Å². The third kappa shape index (κ3) is 3.27. The summed E-state index contributed by atoms with van der Waals surface area (Å²) in [4.78, 5) is 5.78. The third-order valence-corrected chi connectivity index (χ3v) is 3.90. The first-order chi connectivity index (χ1) is 12.2. The lowest BCUT2D eigenvalue weighted by Gasteiger charge is -1.98. The van der Waals surface area contributed by atoms with Crippen LogP contribution in [0.1, 0.15) is 11.5 Å². The van der Waals surface area contributed by atoms with Crippen LogP contribution in [-0.2, 0) is 6.54 Å². The highest BCUT2D eigenvalue weighted by atomic mass is 35.5. The van der Waals surface area contributed by atoms with Gasteiger partial charge in [0.05, 0.1) is 0 Å². The van der Waals surface area contributed by atoms with Crippen LogP contribution in [0.4, 0.5) is 0 Å². The Morgan fingerprint density at radius 1 is 1.08 bits per heavy atom. The fraction of sp³-hybridized carbons (Fsp3) is 0.118. The van der Waals surface area contributed by atoms with Gasteiger partial charge in [-0.15, -0.1) is 10.2 Å². The summed E-state index contributed by atoms with van der Waals surface area (Å²) in [7, 11) is 0. The molecule has 0 aliphatic carbocycles. The minimum Gasteiger partial charge on any atom is -0.337 e. The van der Waals surface area contributed by atoms with Crippen molar-refractivity contribution in [1.29, 1.82) is 0 Å². The predicted octanol–water partition coefficient (Wildman–Crippen LogP) is 3.40. The van der Waals surface area contributed by atoms with Crippen molar-refractivity contribution in [3.05, 3.63) is 65.0 Å². The number of aromatic nitrogens is 6. The molecular formula is C17H13ClN6O. The molecule has 0 fully saturated rings. The standard InChI is InChI=1S/C17H13ClN6O/c1-11-5-2-3-8-14(11)17-20-23-24(21-17)10-15-19-16(22-25-15)12-6-4-7-13(18)9-12/h2-9H,10H2,1H3. The van der Waals surface area contributed by atoms with Crippen LogP contribution < -0.4 is 0 Å². The summed E-state index contributed by atoms with van der Waals surface area (Å²) in [5.41, 5.74) is 2.82. The first kappa shape index (κ1) is 15.5. The van der Waals surface area contributed by atoms with Crippen LogP contribution in [0.2, 0.25) is 5.02 Å². The lowest BCUT2D eigenvalue weighted by Crippen LogP contribution is -2.04. The summed E-state index contributed by atoms with van der Waals surface area (Å²) >= 11 is 5.99. The SMILES string of the molecule is Cc1ccccc1-c1nnn(Cc2nc(-c3cccc(Cl)c3)no2)n1. The van der Waals surface area contributed by atoms with Gasteiger partial charge in [-0.25, -0.2) is 0 Å². The Hall–Kier alpha value is -3.06. The Balaban J connectivity index is 1.55. The van der Waals surface area contributed by atoms with Crippen molar-refractivity contribution in [3.63, 3.8) is 0 Å². The molecule has 0 bridgehead atoms. The molecule has 0 amide bonds. The third-order valence-electron chi connectivity index (χ3n) is 3.67. The number of aryl methyl sites for hydroxylation is 1. The van der Waals surface area contributed by atoms with Crippen LogP contribution in [0.3, 0.4) is 0 Å². The normalized spacial score (nSPS) is 11.0. The number of rotatable bonds is 4. The molecule has 2 heterocycles. The van der Waals surface area contributed by atoms with Gasteiger partial charge in [-0.3, -0.25) is 0 Å². The van der Waals surface area contributed by atoms with Crippen molar-refractivity contribution in [1.82, 2.24) is 30.3 Å². The van der Waals surface area contributed by atoms with E-state index in [0.29, 0.717) is 22.6 Å². The molecular weight excluding hydrogens is 340 g/mol. The van der Waals surface area contributed by atoms with E-state index in [2.05, 4.69) is 25.6 Å². The molecule has 4 rings (SSSR count). The minimum absolute atomic E-state index is 0.243.